The van der Waals surface area contributed by atoms with Crippen molar-refractivity contribution in [2.45, 2.75) is 56.5 Å². The first-order valence-corrected chi connectivity index (χ1v) is 13.9. The first-order valence-electron chi connectivity index (χ1n) is 12.5. The molecule has 0 aromatic heterocycles. The maximum Gasteiger partial charge on any atom is 0.326 e. The lowest BCUT2D eigenvalue weighted by Gasteiger charge is -2.26. The van der Waals surface area contributed by atoms with Crippen LogP contribution in [0, 0.1) is 0 Å². The van der Waals surface area contributed by atoms with E-state index in [9.17, 15) is 39.6 Å². The van der Waals surface area contributed by atoms with Gasteiger partial charge in [0, 0.05) is 12.8 Å². The number of aliphatic hydroxyl groups is 1. The van der Waals surface area contributed by atoms with Gasteiger partial charge in [0.05, 0.1) is 12.1 Å². The van der Waals surface area contributed by atoms with E-state index in [0.717, 1.165) is 0 Å². The topological polar surface area (TPSA) is 211 Å². The molecule has 0 spiro atoms. The molecular formula is C27H36N4O8S. The van der Waals surface area contributed by atoms with Gasteiger partial charge in [-0.1, -0.05) is 24.3 Å². The Morgan fingerprint density at radius 2 is 1.27 bits per heavy atom. The first-order chi connectivity index (χ1) is 18.9. The molecule has 0 aliphatic rings. The molecule has 40 heavy (non-hydrogen) atoms. The molecule has 2 aromatic carbocycles. The quantitative estimate of drug-likeness (QED) is 0.141. The van der Waals surface area contributed by atoms with E-state index in [4.69, 9.17) is 5.73 Å². The van der Waals surface area contributed by atoms with Crippen molar-refractivity contribution in [1.82, 2.24) is 16.0 Å². The van der Waals surface area contributed by atoms with Crippen LogP contribution in [0.15, 0.2) is 48.5 Å². The molecule has 0 heterocycles. The van der Waals surface area contributed by atoms with Crippen molar-refractivity contribution < 1.29 is 39.6 Å². The lowest BCUT2D eigenvalue weighted by Crippen LogP contribution is -2.60. The largest absolute Gasteiger partial charge is 0.508 e. The second-order valence-corrected chi connectivity index (χ2v) is 10.3. The fraction of sp³-hybridized carbons (Fsp3) is 0.407. The number of aromatic hydroxyl groups is 2. The normalized spacial score (nSPS) is 14.7. The van der Waals surface area contributed by atoms with Crippen LogP contribution in [0.1, 0.15) is 24.5 Å². The summed E-state index contributed by atoms with van der Waals surface area (Å²) in [7, 11) is 0. The van der Waals surface area contributed by atoms with Gasteiger partial charge in [0.25, 0.3) is 0 Å². The maximum absolute atomic E-state index is 13.3. The van der Waals surface area contributed by atoms with Crippen LogP contribution in [0.4, 0.5) is 0 Å². The molecule has 5 atom stereocenters. The van der Waals surface area contributed by atoms with Gasteiger partial charge in [-0.2, -0.15) is 11.8 Å². The highest BCUT2D eigenvalue weighted by molar-refractivity contribution is 7.98. The number of amides is 3. The van der Waals surface area contributed by atoms with Gasteiger partial charge < -0.3 is 42.1 Å². The summed E-state index contributed by atoms with van der Waals surface area (Å²) < 4.78 is 0. The number of carboxylic acid groups (broad SMARTS) is 1. The number of phenolic OH excluding ortho intramolecular Hbond substituents is 2. The van der Waals surface area contributed by atoms with E-state index in [1.54, 1.807) is 0 Å². The van der Waals surface area contributed by atoms with Gasteiger partial charge >= 0.3 is 5.97 Å². The van der Waals surface area contributed by atoms with Gasteiger partial charge in [-0.05, 0) is 60.7 Å². The fourth-order valence-electron chi connectivity index (χ4n) is 3.72. The molecule has 0 aliphatic heterocycles. The van der Waals surface area contributed by atoms with E-state index in [2.05, 4.69) is 16.0 Å². The molecule has 0 bridgehead atoms. The predicted molar refractivity (Wildman–Crippen MR) is 150 cm³/mol. The number of hydrogen-bond acceptors (Lipinski definition) is 9. The van der Waals surface area contributed by atoms with Crippen LogP contribution in [0.5, 0.6) is 11.5 Å². The minimum atomic E-state index is -1.43. The van der Waals surface area contributed by atoms with Crippen molar-refractivity contribution in [3.8, 4) is 11.5 Å². The SMILES string of the molecule is CSCCC(N)C(=O)NC(C(=O)NC(Cc1ccc(O)cc1)C(=O)NC(Cc1ccc(O)cc1)C(=O)O)C(C)O. The highest BCUT2D eigenvalue weighted by atomic mass is 32.2. The summed E-state index contributed by atoms with van der Waals surface area (Å²) >= 11 is 1.50. The molecule has 5 unspecified atom stereocenters. The average Bonchev–Trinajstić information content (AvgIpc) is 2.91. The number of hydrogen-bond donors (Lipinski definition) is 8. The van der Waals surface area contributed by atoms with Gasteiger partial charge in [0.1, 0.15) is 29.6 Å². The number of nitrogens with one attached hydrogen (secondary N) is 3. The summed E-state index contributed by atoms with van der Waals surface area (Å²) in [5.74, 6) is -3.04. The third-order valence-corrected chi connectivity index (χ3v) is 6.68. The summed E-state index contributed by atoms with van der Waals surface area (Å²) in [5, 5.41) is 46.4. The number of aliphatic hydroxyl groups excluding tert-OH is 1. The standard InChI is InChI=1S/C27H36N4O8S/c1-15(32)23(31-24(35)20(28)11-12-40-2)26(37)29-21(13-16-3-7-18(33)8-4-16)25(36)30-22(27(38)39)14-17-5-9-19(34)10-6-17/h3-10,15,20-23,32-34H,11-14,28H2,1-2H3,(H,29,37)(H,30,36)(H,31,35)(H,38,39). The third kappa shape index (κ3) is 10.4. The minimum absolute atomic E-state index is 0.00120. The molecule has 2 rings (SSSR count). The van der Waals surface area contributed by atoms with E-state index in [-0.39, 0.29) is 24.3 Å². The van der Waals surface area contributed by atoms with Crippen molar-refractivity contribution in [3.63, 3.8) is 0 Å². The number of nitrogens with two attached hydrogens (primary N) is 1. The van der Waals surface area contributed by atoms with E-state index in [0.29, 0.717) is 23.3 Å². The Kier molecular flexibility index (Phi) is 12.7. The zero-order valence-electron chi connectivity index (χ0n) is 22.2. The van der Waals surface area contributed by atoms with E-state index in [1.165, 1.54) is 67.2 Å². The summed E-state index contributed by atoms with van der Waals surface area (Å²) in [6.45, 7) is 1.30. The van der Waals surface area contributed by atoms with Crippen LogP contribution in [0.2, 0.25) is 0 Å². The van der Waals surface area contributed by atoms with Gasteiger partial charge in [-0.25, -0.2) is 4.79 Å². The zero-order chi connectivity index (χ0) is 29.8. The van der Waals surface area contributed by atoms with Gasteiger partial charge in [-0.3, -0.25) is 14.4 Å². The van der Waals surface area contributed by atoms with Crippen molar-refractivity contribution >= 4 is 35.5 Å². The molecule has 2 aromatic rings. The molecule has 9 N–H and O–H groups in total. The molecular weight excluding hydrogens is 540 g/mol. The Hall–Kier alpha value is -3.81. The second-order valence-electron chi connectivity index (χ2n) is 9.32. The number of benzene rings is 2. The Balaban J connectivity index is 2.24. The number of carboxylic acids is 1. The van der Waals surface area contributed by atoms with Gasteiger partial charge in [-0.15, -0.1) is 0 Å². The molecule has 12 nitrogen and oxygen atoms in total. The molecule has 0 saturated carbocycles. The van der Waals surface area contributed by atoms with E-state index < -0.39 is 54.0 Å². The molecule has 0 fully saturated rings. The second kappa shape index (κ2) is 15.7. The number of thioether (sulfide) groups is 1. The van der Waals surface area contributed by atoms with Crippen LogP contribution in [-0.2, 0) is 32.0 Å². The smallest absolute Gasteiger partial charge is 0.326 e. The Morgan fingerprint density at radius 1 is 0.800 bits per heavy atom. The summed E-state index contributed by atoms with van der Waals surface area (Å²) in [5.41, 5.74) is 6.96. The highest BCUT2D eigenvalue weighted by Crippen LogP contribution is 2.14. The average molecular weight is 577 g/mol. The Bertz CT molecular complexity index is 1140. The van der Waals surface area contributed by atoms with Crippen LogP contribution < -0.4 is 21.7 Å². The molecule has 0 saturated heterocycles. The van der Waals surface area contributed by atoms with Crippen LogP contribution in [0.25, 0.3) is 0 Å². The summed E-state index contributed by atoms with van der Waals surface area (Å²) in [6, 6.07) is 6.67. The van der Waals surface area contributed by atoms with Crippen molar-refractivity contribution in [2.75, 3.05) is 12.0 Å². The Labute approximate surface area is 236 Å². The van der Waals surface area contributed by atoms with Crippen molar-refractivity contribution in [3.05, 3.63) is 59.7 Å². The van der Waals surface area contributed by atoms with Crippen LogP contribution in [0.3, 0.4) is 0 Å². The number of aliphatic carboxylic acids is 1. The molecule has 3 amide bonds. The fourth-order valence-corrected chi connectivity index (χ4v) is 4.21. The van der Waals surface area contributed by atoms with Gasteiger partial charge in [0.15, 0.2) is 0 Å². The maximum atomic E-state index is 13.3. The van der Waals surface area contributed by atoms with Crippen LogP contribution >= 0.6 is 11.8 Å². The molecule has 13 heteroatoms. The highest BCUT2D eigenvalue weighted by Gasteiger charge is 2.32. The van der Waals surface area contributed by atoms with Crippen LogP contribution in [-0.4, -0.2) is 86.4 Å². The van der Waals surface area contributed by atoms with Gasteiger partial charge in [0.2, 0.25) is 17.7 Å². The number of phenols is 2. The molecule has 218 valence electrons. The molecule has 0 aliphatic carbocycles. The Morgan fingerprint density at radius 3 is 1.73 bits per heavy atom. The predicted octanol–water partition coefficient (Wildman–Crippen LogP) is -0.117. The monoisotopic (exact) mass is 576 g/mol. The number of rotatable bonds is 15. The minimum Gasteiger partial charge on any atom is -0.508 e. The third-order valence-electron chi connectivity index (χ3n) is 6.03. The summed E-state index contributed by atoms with van der Waals surface area (Å²) in [6.07, 6.45) is 0.689. The number of carbonyl (C=O) groups is 4. The van der Waals surface area contributed by atoms with E-state index in [1.807, 2.05) is 6.26 Å². The lowest BCUT2D eigenvalue weighted by molar-refractivity contribution is -0.142. The summed E-state index contributed by atoms with van der Waals surface area (Å²) in [4.78, 5) is 50.9. The number of carbonyl (C=O) groups excluding carboxylic acids is 3. The van der Waals surface area contributed by atoms with E-state index >= 15 is 0 Å². The zero-order valence-corrected chi connectivity index (χ0v) is 23.1. The molecule has 0 radical (unpaired) electrons. The van der Waals surface area contributed by atoms with Crippen molar-refractivity contribution in [1.29, 1.82) is 0 Å². The van der Waals surface area contributed by atoms with Crippen molar-refractivity contribution in [2.24, 2.45) is 5.73 Å². The lowest BCUT2D eigenvalue weighted by atomic mass is 10.0. The first kappa shape index (κ1) is 32.4.